The van der Waals surface area contributed by atoms with Crippen LogP contribution in [0, 0.1) is 11.3 Å². The fraction of sp³-hybridized carbons (Fsp3) is 0.435. The quantitative estimate of drug-likeness (QED) is 0.517. The van der Waals surface area contributed by atoms with Gasteiger partial charge in [0, 0.05) is 31.4 Å². The standard InChI is InChI=1S/C23H30N4O5S2/c1-3-13-34(31,32)26-17-21-14-20(16-24)9-10-23(21)25(11-12-27(28)33(2,29)30)18-22(26)15-19-7-5-4-6-8-19/h4-10,14,22,28H,3,11-13,15,17-18H2,1-2H3. The highest BCUT2D eigenvalue weighted by atomic mass is 32.2. The first-order chi connectivity index (χ1) is 16.0. The molecule has 0 bridgehead atoms. The highest BCUT2D eigenvalue weighted by Crippen LogP contribution is 2.31. The Morgan fingerprint density at radius 2 is 1.85 bits per heavy atom. The van der Waals surface area contributed by atoms with Crippen LogP contribution in [-0.4, -0.2) is 68.5 Å². The Labute approximate surface area is 201 Å². The first-order valence-electron chi connectivity index (χ1n) is 11.0. The van der Waals surface area contributed by atoms with Crippen LogP contribution in [0.4, 0.5) is 5.69 Å². The number of rotatable bonds is 9. The normalized spacial score (nSPS) is 17.3. The number of hydrogen-bond donors (Lipinski definition) is 1. The van der Waals surface area contributed by atoms with Crippen LogP contribution in [0.5, 0.6) is 0 Å². The molecule has 1 aliphatic rings. The Kier molecular flexibility index (Phi) is 8.33. The zero-order chi connectivity index (χ0) is 24.9. The zero-order valence-electron chi connectivity index (χ0n) is 19.3. The van der Waals surface area contributed by atoms with E-state index in [1.54, 1.807) is 18.2 Å². The van der Waals surface area contributed by atoms with Crippen molar-refractivity contribution in [2.24, 2.45) is 0 Å². The first kappa shape index (κ1) is 26.1. The van der Waals surface area contributed by atoms with E-state index in [0.29, 0.717) is 40.7 Å². The molecule has 0 fully saturated rings. The number of nitriles is 1. The van der Waals surface area contributed by atoms with Gasteiger partial charge in [-0.25, -0.2) is 16.8 Å². The van der Waals surface area contributed by atoms with Crippen LogP contribution in [-0.2, 0) is 33.0 Å². The van der Waals surface area contributed by atoms with Crippen LogP contribution in [0.15, 0.2) is 48.5 Å². The Hall–Kier alpha value is -2.49. The number of hydroxylamine groups is 1. The largest absolute Gasteiger partial charge is 0.368 e. The molecule has 34 heavy (non-hydrogen) atoms. The molecular weight excluding hydrogens is 476 g/mol. The predicted molar refractivity (Wildman–Crippen MR) is 130 cm³/mol. The van der Waals surface area contributed by atoms with E-state index in [9.17, 15) is 27.3 Å². The Morgan fingerprint density at radius 1 is 1.15 bits per heavy atom. The molecule has 11 heteroatoms. The van der Waals surface area contributed by atoms with Crippen LogP contribution in [0.1, 0.15) is 30.0 Å². The lowest BCUT2D eigenvalue weighted by Crippen LogP contribution is -2.47. The van der Waals surface area contributed by atoms with Gasteiger partial charge >= 0.3 is 0 Å². The molecule has 0 saturated heterocycles. The average molecular weight is 507 g/mol. The van der Waals surface area contributed by atoms with Gasteiger partial charge in [-0.3, -0.25) is 5.21 Å². The van der Waals surface area contributed by atoms with Gasteiger partial charge in [-0.2, -0.15) is 9.57 Å². The van der Waals surface area contributed by atoms with Gasteiger partial charge in [0.1, 0.15) is 0 Å². The van der Waals surface area contributed by atoms with Crippen LogP contribution >= 0.6 is 0 Å². The smallest absolute Gasteiger partial charge is 0.232 e. The molecular formula is C23H30N4O5S2. The summed E-state index contributed by atoms with van der Waals surface area (Å²) in [5.41, 5.74) is 2.77. The molecule has 1 unspecified atom stereocenters. The fourth-order valence-electron chi connectivity index (χ4n) is 4.17. The van der Waals surface area contributed by atoms with Crippen molar-refractivity contribution < 1.29 is 22.0 Å². The maximum atomic E-state index is 13.3. The zero-order valence-corrected chi connectivity index (χ0v) is 21.0. The third-order valence-electron chi connectivity index (χ3n) is 5.79. The highest BCUT2D eigenvalue weighted by Gasteiger charge is 2.35. The molecule has 0 saturated carbocycles. The second-order valence-electron chi connectivity index (χ2n) is 8.41. The molecule has 0 aliphatic carbocycles. The SMILES string of the molecule is CCCS(=O)(=O)N1Cc2cc(C#N)ccc2N(CCN(O)S(C)(=O)=O)CC1Cc1ccccc1. The molecule has 0 spiro atoms. The minimum atomic E-state index is -3.79. The van der Waals surface area contributed by atoms with E-state index in [4.69, 9.17) is 0 Å². The van der Waals surface area contributed by atoms with E-state index in [1.807, 2.05) is 42.2 Å². The molecule has 2 aromatic carbocycles. The van der Waals surface area contributed by atoms with Crippen molar-refractivity contribution in [3.63, 3.8) is 0 Å². The topological polar surface area (TPSA) is 122 Å². The maximum Gasteiger partial charge on any atom is 0.232 e. The van der Waals surface area contributed by atoms with Crippen molar-refractivity contribution in [2.75, 3.05) is 36.5 Å². The monoisotopic (exact) mass is 506 g/mol. The number of sulfonamides is 2. The lowest BCUT2D eigenvalue weighted by molar-refractivity contribution is 0.00677. The summed E-state index contributed by atoms with van der Waals surface area (Å²) < 4.78 is 51.8. The average Bonchev–Trinajstić information content (AvgIpc) is 2.94. The van der Waals surface area contributed by atoms with Gasteiger partial charge in [-0.1, -0.05) is 41.7 Å². The number of anilines is 1. The van der Waals surface area contributed by atoms with E-state index >= 15 is 0 Å². The summed E-state index contributed by atoms with van der Waals surface area (Å²) in [4.78, 5) is 1.89. The van der Waals surface area contributed by atoms with E-state index in [1.165, 1.54) is 4.31 Å². The summed E-state index contributed by atoms with van der Waals surface area (Å²) in [5.74, 6) is 0.00403. The van der Waals surface area contributed by atoms with Crippen LogP contribution in [0.3, 0.4) is 0 Å². The van der Waals surface area contributed by atoms with Crippen molar-refractivity contribution >= 4 is 25.7 Å². The first-order valence-corrected chi connectivity index (χ1v) is 14.5. The molecule has 1 N–H and O–H groups in total. The molecule has 1 atom stereocenters. The summed E-state index contributed by atoms with van der Waals surface area (Å²) in [6.45, 7) is 2.19. The fourth-order valence-corrected chi connectivity index (χ4v) is 6.26. The van der Waals surface area contributed by atoms with Crippen LogP contribution < -0.4 is 4.90 Å². The summed E-state index contributed by atoms with van der Waals surface area (Å²) in [6.07, 6.45) is 1.85. The molecule has 3 rings (SSSR count). The highest BCUT2D eigenvalue weighted by molar-refractivity contribution is 7.89. The molecule has 2 aromatic rings. The predicted octanol–water partition coefficient (Wildman–Crippen LogP) is 2.18. The van der Waals surface area contributed by atoms with Crippen molar-refractivity contribution in [3.8, 4) is 6.07 Å². The molecule has 9 nitrogen and oxygen atoms in total. The minimum absolute atomic E-state index is 0.00403. The maximum absolute atomic E-state index is 13.3. The number of benzene rings is 2. The molecule has 1 aliphatic heterocycles. The van der Waals surface area contributed by atoms with Crippen LogP contribution in [0.2, 0.25) is 0 Å². The Bertz CT molecular complexity index is 1240. The number of fused-ring (bicyclic) bond motifs is 1. The molecule has 0 radical (unpaired) electrons. The second-order valence-corrected chi connectivity index (χ2v) is 12.3. The van der Waals surface area contributed by atoms with Crippen molar-refractivity contribution in [1.82, 2.24) is 8.77 Å². The third-order valence-corrected chi connectivity index (χ3v) is 8.81. The Morgan fingerprint density at radius 3 is 2.47 bits per heavy atom. The summed E-state index contributed by atoms with van der Waals surface area (Å²) in [6, 6.07) is 16.3. The third kappa shape index (κ3) is 6.34. The van der Waals surface area contributed by atoms with Gasteiger partial charge in [0.2, 0.25) is 20.0 Å². The van der Waals surface area contributed by atoms with Crippen LogP contribution in [0.25, 0.3) is 0 Å². The second kappa shape index (κ2) is 10.8. The lowest BCUT2D eigenvalue weighted by atomic mass is 10.1. The van der Waals surface area contributed by atoms with E-state index in [-0.39, 0.29) is 25.4 Å². The van der Waals surface area contributed by atoms with Crippen molar-refractivity contribution in [3.05, 3.63) is 65.2 Å². The molecule has 184 valence electrons. The Balaban J connectivity index is 2.05. The lowest BCUT2D eigenvalue weighted by Gasteiger charge is -2.32. The van der Waals surface area contributed by atoms with Gasteiger partial charge in [0.05, 0.1) is 30.2 Å². The summed E-state index contributed by atoms with van der Waals surface area (Å²) in [7, 11) is -7.39. The van der Waals surface area contributed by atoms with Crippen molar-refractivity contribution in [1.29, 1.82) is 5.26 Å². The van der Waals surface area contributed by atoms with Gasteiger partial charge in [-0.15, -0.1) is 0 Å². The van der Waals surface area contributed by atoms with E-state index in [0.717, 1.165) is 11.8 Å². The minimum Gasteiger partial charge on any atom is -0.368 e. The molecule has 0 aromatic heterocycles. The molecule has 1 heterocycles. The van der Waals surface area contributed by atoms with Gasteiger partial charge < -0.3 is 4.90 Å². The van der Waals surface area contributed by atoms with E-state index in [2.05, 4.69) is 6.07 Å². The van der Waals surface area contributed by atoms with Gasteiger partial charge in [-0.05, 0) is 42.2 Å². The van der Waals surface area contributed by atoms with Crippen molar-refractivity contribution in [2.45, 2.75) is 32.4 Å². The summed E-state index contributed by atoms with van der Waals surface area (Å²) in [5, 5.41) is 19.3. The number of nitrogens with zero attached hydrogens (tertiary/aromatic N) is 4. The number of hydrogen-bond acceptors (Lipinski definition) is 7. The molecule has 0 amide bonds. The van der Waals surface area contributed by atoms with E-state index < -0.39 is 26.1 Å². The van der Waals surface area contributed by atoms with Gasteiger partial charge in [0.15, 0.2) is 0 Å². The summed E-state index contributed by atoms with van der Waals surface area (Å²) >= 11 is 0. The van der Waals surface area contributed by atoms with Gasteiger partial charge in [0.25, 0.3) is 0 Å².